The third-order valence-electron chi connectivity index (χ3n) is 4.99. The van der Waals surface area contributed by atoms with Gasteiger partial charge in [0.25, 0.3) is 0 Å². The summed E-state index contributed by atoms with van der Waals surface area (Å²) < 4.78 is 0. The Bertz CT molecular complexity index is 693. The third kappa shape index (κ3) is 4.02. The zero-order valence-electron chi connectivity index (χ0n) is 13.9. The van der Waals surface area contributed by atoms with Crippen molar-refractivity contribution in [2.24, 2.45) is 5.92 Å². The highest BCUT2D eigenvalue weighted by molar-refractivity contribution is 6.33. The number of pyridine rings is 1. The summed E-state index contributed by atoms with van der Waals surface area (Å²) in [6.45, 7) is 1.35. The van der Waals surface area contributed by atoms with Crippen LogP contribution in [0.2, 0.25) is 5.02 Å². The Morgan fingerprint density at radius 2 is 2.16 bits per heavy atom. The molecule has 0 unspecified atom stereocenters. The number of carboxylic acid groups (broad SMARTS) is 1. The number of aliphatic carboxylic acids is 1. The number of Topliss-reactive ketones (excluding diaryl/α,β-unsaturated/α-hetero) is 1. The van der Waals surface area contributed by atoms with Crippen LogP contribution < -0.4 is 10.6 Å². The van der Waals surface area contributed by atoms with Gasteiger partial charge in [-0.3, -0.25) is 4.79 Å². The van der Waals surface area contributed by atoms with Crippen molar-refractivity contribution in [3.05, 3.63) is 28.9 Å². The van der Waals surface area contributed by atoms with Gasteiger partial charge < -0.3 is 15.7 Å². The second kappa shape index (κ2) is 7.54. The summed E-state index contributed by atoms with van der Waals surface area (Å²) in [7, 11) is 0. The molecule has 3 N–H and O–H groups in total. The lowest BCUT2D eigenvalue weighted by Crippen LogP contribution is -2.51. The number of halogens is 1. The molecular formula is C18H22ClN3O3. The molecule has 6 nitrogen and oxygen atoms in total. The van der Waals surface area contributed by atoms with Gasteiger partial charge in [0.2, 0.25) is 0 Å². The smallest absolute Gasteiger partial charge is 0.328 e. The molecule has 0 aromatic carbocycles. The van der Waals surface area contributed by atoms with Gasteiger partial charge in [-0.2, -0.15) is 0 Å². The minimum absolute atomic E-state index is 0.115. The van der Waals surface area contributed by atoms with E-state index < -0.39 is 11.5 Å². The quantitative estimate of drug-likeness (QED) is 0.673. The fourth-order valence-electron chi connectivity index (χ4n) is 3.68. The Hall–Kier alpha value is -1.92. The number of carbonyl (C=O) groups is 2. The molecule has 25 heavy (non-hydrogen) atoms. The Labute approximate surface area is 151 Å². The first kappa shape index (κ1) is 17.9. The summed E-state index contributed by atoms with van der Waals surface area (Å²) in [6.07, 6.45) is 8.87. The van der Waals surface area contributed by atoms with Crippen molar-refractivity contribution in [2.75, 3.05) is 18.4 Å². The lowest BCUT2D eigenvalue weighted by Gasteiger charge is -2.31. The van der Waals surface area contributed by atoms with Gasteiger partial charge in [-0.25, -0.2) is 9.78 Å². The molecule has 0 spiro atoms. The number of nitrogens with zero attached hydrogens (tertiary/aromatic N) is 1. The molecule has 1 aromatic heterocycles. The van der Waals surface area contributed by atoms with Gasteiger partial charge in [0.05, 0.1) is 5.02 Å². The van der Waals surface area contributed by atoms with Crippen LogP contribution >= 0.6 is 11.6 Å². The van der Waals surface area contributed by atoms with Crippen LogP contribution in [0.3, 0.4) is 0 Å². The predicted octanol–water partition coefficient (Wildman–Crippen LogP) is 2.74. The lowest BCUT2D eigenvalue weighted by atomic mass is 9.84. The monoisotopic (exact) mass is 363 g/mol. The maximum atomic E-state index is 13.1. The number of hydrogen-bond donors (Lipinski definition) is 3. The number of aromatic nitrogens is 1. The zero-order chi connectivity index (χ0) is 17.9. The molecule has 0 amide bonds. The van der Waals surface area contributed by atoms with Crippen LogP contribution in [0.5, 0.6) is 0 Å². The van der Waals surface area contributed by atoms with Crippen LogP contribution in [-0.4, -0.2) is 40.5 Å². The van der Waals surface area contributed by atoms with Crippen LogP contribution in [0.1, 0.15) is 37.7 Å². The number of carboxylic acids is 1. The fraction of sp³-hybridized carbons (Fsp3) is 0.500. The first-order valence-corrected chi connectivity index (χ1v) is 8.98. The molecule has 1 saturated carbocycles. The molecule has 7 heteroatoms. The third-order valence-corrected chi connectivity index (χ3v) is 5.28. The van der Waals surface area contributed by atoms with E-state index in [1.54, 1.807) is 12.3 Å². The van der Waals surface area contributed by atoms with Gasteiger partial charge in [0.15, 0.2) is 5.78 Å². The average Bonchev–Trinajstić information content (AvgIpc) is 3.27. The topological polar surface area (TPSA) is 91.3 Å². The Balaban J connectivity index is 1.80. The standard InChI is InChI=1S/C18H22ClN3O3/c19-14-9-12(5-6-15(23)24)10-21-17(14)22-18(7-8-20-11-18)16(25)13-3-1-2-4-13/h5-6,9-10,13,20H,1-4,7-8,11H2,(H,21,22)(H,23,24)/b6-5+/t18-/m1/s1. The highest BCUT2D eigenvalue weighted by Gasteiger charge is 2.45. The van der Waals surface area contributed by atoms with E-state index in [4.69, 9.17) is 16.7 Å². The summed E-state index contributed by atoms with van der Waals surface area (Å²) in [5, 5.41) is 15.6. The van der Waals surface area contributed by atoms with Gasteiger partial charge in [-0.05, 0) is 43.5 Å². The van der Waals surface area contributed by atoms with Crippen LogP contribution in [0.25, 0.3) is 6.08 Å². The van der Waals surface area contributed by atoms with Gasteiger partial charge in [0, 0.05) is 24.7 Å². The predicted molar refractivity (Wildman–Crippen MR) is 96.7 cm³/mol. The number of anilines is 1. The van der Waals surface area contributed by atoms with E-state index in [0.29, 0.717) is 29.4 Å². The molecule has 1 saturated heterocycles. The normalized spacial score (nSPS) is 24.0. The lowest BCUT2D eigenvalue weighted by molar-refractivity contribution is -0.131. The van der Waals surface area contributed by atoms with Crippen LogP contribution in [0.15, 0.2) is 18.3 Å². The molecule has 2 heterocycles. The van der Waals surface area contributed by atoms with Crippen molar-refractivity contribution in [3.63, 3.8) is 0 Å². The zero-order valence-corrected chi connectivity index (χ0v) is 14.7. The molecule has 0 radical (unpaired) electrons. The maximum absolute atomic E-state index is 13.1. The van der Waals surface area contributed by atoms with E-state index in [0.717, 1.165) is 38.3 Å². The molecule has 1 atom stereocenters. The molecule has 134 valence electrons. The first-order chi connectivity index (χ1) is 12.0. The Morgan fingerprint density at radius 1 is 1.40 bits per heavy atom. The number of ketones is 1. The van der Waals surface area contributed by atoms with E-state index in [2.05, 4.69) is 15.6 Å². The highest BCUT2D eigenvalue weighted by atomic mass is 35.5. The van der Waals surface area contributed by atoms with Crippen molar-refractivity contribution in [1.29, 1.82) is 0 Å². The van der Waals surface area contributed by atoms with Gasteiger partial charge >= 0.3 is 5.97 Å². The molecule has 0 bridgehead atoms. The number of nitrogens with one attached hydrogen (secondary N) is 2. The molecule has 3 rings (SSSR count). The van der Waals surface area contributed by atoms with Crippen molar-refractivity contribution in [3.8, 4) is 0 Å². The number of rotatable bonds is 6. The van der Waals surface area contributed by atoms with Gasteiger partial charge in [-0.1, -0.05) is 24.4 Å². The summed E-state index contributed by atoms with van der Waals surface area (Å²) in [5.41, 5.74) is -0.0666. The van der Waals surface area contributed by atoms with E-state index >= 15 is 0 Å². The minimum atomic E-state index is -1.03. The summed E-state index contributed by atoms with van der Waals surface area (Å²) in [5.74, 6) is -0.202. The van der Waals surface area contributed by atoms with Crippen LogP contribution in [0.4, 0.5) is 5.82 Å². The molecule has 2 fully saturated rings. The van der Waals surface area contributed by atoms with Gasteiger partial charge in [0.1, 0.15) is 11.4 Å². The molecular weight excluding hydrogens is 342 g/mol. The number of carbonyl (C=O) groups excluding carboxylic acids is 1. The summed E-state index contributed by atoms with van der Waals surface area (Å²) >= 11 is 6.31. The van der Waals surface area contributed by atoms with Crippen molar-refractivity contribution in [2.45, 2.75) is 37.6 Å². The second-order valence-corrected chi connectivity index (χ2v) is 7.16. The van der Waals surface area contributed by atoms with Crippen LogP contribution in [0, 0.1) is 5.92 Å². The summed E-state index contributed by atoms with van der Waals surface area (Å²) in [4.78, 5) is 28.0. The van der Waals surface area contributed by atoms with Crippen LogP contribution in [-0.2, 0) is 9.59 Å². The van der Waals surface area contributed by atoms with E-state index in [1.807, 2.05) is 0 Å². The van der Waals surface area contributed by atoms with E-state index in [9.17, 15) is 9.59 Å². The molecule has 1 aliphatic heterocycles. The van der Waals surface area contributed by atoms with E-state index in [-0.39, 0.29) is 11.7 Å². The fourth-order valence-corrected chi connectivity index (χ4v) is 3.90. The van der Waals surface area contributed by atoms with Crippen molar-refractivity contribution < 1.29 is 14.7 Å². The highest BCUT2D eigenvalue weighted by Crippen LogP contribution is 2.34. The Morgan fingerprint density at radius 3 is 2.76 bits per heavy atom. The second-order valence-electron chi connectivity index (χ2n) is 6.75. The van der Waals surface area contributed by atoms with E-state index in [1.165, 1.54) is 6.08 Å². The average molecular weight is 364 g/mol. The summed E-state index contributed by atoms with van der Waals surface area (Å²) in [6, 6.07) is 1.65. The largest absolute Gasteiger partial charge is 0.478 e. The SMILES string of the molecule is O=C(O)/C=C/c1cnc(N[C@]2(C(=O)C3CCCC3)CCNC2)c(Cl)c1. The van der Waals surface area contributed by atoms with Crippen molar-refractivity contribution >= 4 is 35.2 Å². The van der Waals surface area contributed by atoms with Crippen molar-refractivity contribution in [1.82, 2.24) is 10.3 Å². The molecule has 1 aliphatic carbocycles. The van der Waals surface area contributed by atoms with Gasteiger partial charge in [-0.15, -0.1) is 0 Å². The maximum Gasteiger partial charge on any atom is 0.328 e. The minimum Gasteiger partial charge on any atom is -0.478 e. The first-order valence-electron chi connectivity index (χ1n) is 8.60. The number of hydrogen-bond acceptors (Lipinski definition) is 5. The molecule has 1 aromatic rings. The Kier molecular flexibility index (Phi) is 5.39. The molecule has 2 aliphatic rings.